The highest BCUT2D eigenvalue weighted by atomic mass is 32.2. The van der Waals surface area contributed by atoms with E-state index in [0.717, 1.165) is 12.1 Å². The maximum absolute atomic E-state index is 14.4. The Hall–Kier alpha value is -3.54. The summed E-state index contributed by atoms with van der Waals surface area (Å²) in [5.74, 6) is -3.72. The molecule has 2 aromatic rings. The number of carboxylic acid groups (broad SMARTS) is 1. The number of carboxylic acids is 1. The third kappa shape index (κ3) is 5.27. The number of nitrogens with zero attached hydrogens (tertiary/aromatic N) is 2. The van der Waals surface area contributed by atoms with Crippen LogP contribution in [0.1, 0.15) is 43.4 Å². The second kappa shape index (κ2) is 10.9. The van der Waals surface area contributed by atoms with Gasteiger partial charge in [0, 0.05) is 31.0 Å². The molecule has 2 unspecified atom stereocenters. The number of carbonyl (C=O) groups is 2. The summed E-state index contributed by atoms with van der Waals surface area (Å²) in [6, 6.07) is 7.78. The van der Waals surface area contributed by atoms with Gasteiger partial charge in [-0.2, -0.15) is 18.4 Å². The summed E-state index contributed by atoms with van der Waals surface area (Å²) in [6.07, 6.45) is -5.97. The van der Waals surface area contributed by atoms with Crippen LogP contribution in [0.2, 0.25) is 0 Å². The Kier molecular flexibility index (Phi) is 7.81. The highest BCUT2D eigenvalue weighted by molar-refractivity contribution is 7.92. The molecule has 5 atom stereocenters. The van der Waals surface area contributed by atoms with E-state index in [9.17, 15) is 41.5 Å². The van der Waals surface area contributed by atoms with Crippen LogP contribution in [-0.4, -0.2) is 61.1 Å². The molecule has 0 bridgehead atoms. The predicted molar refractivity (Wildman–Crippen MR) is 144 cm³/mol. The zero-order valence-corrected chi connectivity index (χ0v) is 24.0. The number of nitriles is 1. The van der Waals surface area contributed by atoms with Gasteiger partial charge >= 0.3 is 12.1 Å². The number of ether oxygens (including phenoxy) is 2. The van der Waals surface area contributed by atoms with E-state index in [1.807, 2.05) is 0 Å². The number of hydrogen-bond donors (Lipinski definition) is 2. The van der Waals surface area contributed by atoms with Crippen LogP contribution in [0.25, 0.3) is 11.1 Å². The average Bonchev–Trinajstić information content (AvgIpc) is 3.60. The van der Waals surface area contributed by atoms with Crippen LogP contribution in [0.3, 0.4) is 0 Å². The van der Waals surface area contributed by atoms with E-state index in [1.54, 1.807) is 19.1 Å². The highest BCUT2D eigenvalue weighted by Crippen LogP contribution is 2.67. The molecule has 0 radical (unpaired) electrons. The van der Waals surface area contributed by atoms with Gasteiger partial charge in [-0.25, -0.2) is 8.42 Å². The SMILES string of the molecule is Cc1cc(-c2ccc(S(=O)(=O)[C@@H]3C[C@H](OC4CCOCC4)[C@@](C(=O)O)(C4CC4(C#N)C(N)=O)C3)c(C(F)(F)F)c2)ccn1. The van der Waals surface area contributed by atoms with Crippen LogP contribution in [0.5, 0.6) is 0 Å². The molecule has 1 amide bonds. The molecule has 1 aromatic carbocycles. The number of aromatic nitrogens is 1. The number of rotatable bonds is 8. The van der Waals surface area contributed by atoms with Gasteiger partial charge in [0.15, 0.2) is 9.84 Å². The van der Waals surface area contributed by atoms with E-state index in [2.05, 4.69) is 4.98 Å². The van der Waals surface area contributed by atoms with Crippen molar-refractivity contribution >= 4 is 21.7 Å². The van der Waals surface area contributed by atoms with Gasteiger partial charge in [-0.15, -0.1) is 0 Å². The van der Waals surface area contributed by atoms with Crippen LogP contribution in [0, 0.1) is 35.0 Å². The van der Waals surface area contributed by atoms with Crippen LogP contribution in [-0.2, 0) is 35.1 Å². The number of pyridine rings is 1. The van der Waals surface area contributed by atoms with E-state index in [4.69, 9.17) is 15.2 Å². The van der Waals surface area contributed by atoms with E-state index < -0.39 is 85.4 Å². The molecular formula is C29H30F3N3O7S. The quantitative estimate of drug-likeness (QED) is 0.447. The first kappa shape index (κ1) is 30.9. The fourth-order valence-corrected chi connectivity index (χ4v) is 8.68. The Balaban J connectivity index is 1.58. The standard InChI is InChI=1S/C29H30F3N3O7S/c1-16-10-18(4-7-35-16)17-2-3-22(21(11-17)29(30,31)32)43(39,40)20-12-24(42-19-5-8-41-9-6-19)28(13-20,26(37)38)23-14-27(23,15-33)25(34)36/h2-4,7,10-11,19-20,23-24H,5-6,8-9,12-14H2,1H3,(H2,34,36)(H,37,38)/t20-,23?,24+,27?,28+/m1/s1. The maximum atomic E-state index is 14.4. The molecule has 2 saturated carbocycles. The number of aryl methyl sites for hydroxylation is 1. The Morgan fingerprint density at radius 2 is 1.84 bits per heavy atom. The molecule has 3 N–H and O–H groups in total. The molecule has 3 aliphatic rings. The molecule has 1 aliphatic heterocycles. The van der Waals surface area contributed by atoms with Crippen molar-refractivity contribution in [2.24, 2.45) is 22.5 Å². The normalized spacial score (nSPS) is 29.6. The highest BCUT2D eigenvalue weighted by Gasteiger charge is 2.75. The summed E-state index contributed by atoms with van der Waals surface area (Å²) in [5, 5.41) is 18.7. The Labute approximate surface area is 245 Å². The van der Waals surface area contributed by atoms with Crippen LogP contribution in [0.4, 0.5) is 13.2 Å². The van der Waals surface area contributed by atoms with Gasteiger partial charge in [0.1, 0.15) is 10.8 Å². The van der Waals surface area contributed by atoms with Gasteiger partial charge in [0.2, 0.25) is 5.91 Å². The number of aliphatic carboxylic acids is 1. The lowest BCUT2D eigenvalue weighted by atomic mass is 9.75. The topological polar surface area (TPSA) is 170 Å². The van der Waals surface area contributed by atoms with E-state index in [-0.39, 0.29) is 12.0 Å². The molecule has 10 nitrogen and oxygen atoms in total. The third-order valence-electron chi connectivity index (χ3n) is 9.02. The van der Waals surface area contributed by atoms with Gasteiger partial charge < -0.3 is 20.3 Å². The largest absolute Gasteiger partial charge is 0.481 e. The summed E-state index contributed by atoms with van der Waals surface area (Å²) >= 11 is 0. The zero-order valence-electron chi connectivity index (χ0n) is 23.1. The van der Waals surface area contributed by atoms with Crippen molar-refractivity contribution < 1.29 is 45.8 Å². The number of benzene rings is 1. The minimum absolute atomic E-state index is 0.127. The van der Waals surface area contributed by atoms with Crippen LogP contribution >= 0.6 is 0 Å². The molecule has 1 aromatic heterocycles. The second-order valence-corrected chi connectivity index (χ2v) is 13.7. The lowest BCUT2D eigenvalue weighted by Gasteiger charge is -2.35. The number of primary amides is 1. The summed E-state index contributed by atoms with van der Waals surface area (Å²) in [5.41, 5.74) is 1.29. The molecule has 5 rings (SSSR count). The number of halogens is 3. The first-order valence-corrected chi connectivity index (χ1v) is 15.3. The van der Waals surface area contributed by atoms with E-state index in [1.165, 1.54) is 18.3 Å². The van der Waals surface area contributed by atoms with Gasteiger partial charge in [0.25, 0.3) is 0 Å². The first-order valence-electron chi connectivity index (χ1n) is 13.7. The lowest BCUT2D eigenvalue weighted by Crippen LogP contribution is -2.46. The second-order valence-electron chi connectivity index (χ2n) is 11.5. The third-order valence-corrected chi connectivity index (χ3v) is 11.2. The Morgan fingerprint density at radius 3 is 2.40 bits per heavy atom. The molecule has 3 fully saturated rings. The fraction of sp³-hybridized carbons (Fsp3) is 0.517. The number of carbonyl (C=O) groups excluding carboxylic acids is 1. The smallest absolute Gasteiger partial charge is 0.417 e. The average molecular weight is 622 g/mol. The number of alkyl halides is 3. The van der Waals surface area contributed by atoms with Gasteiger partial charge in [0.05, 0.1) is 34.0 Å². The van der Waals surface area contributed by atoms with Crippen molar-refractivity contribution in [1.82, 2.24) is 4.98 Å². The van der Waals surface area contributed by atoms with Crippen molar-refractivity contribution in [3.8, 4) is 17.2 Å². The number of hydrogen-bond acceptors (Lipinski definition) is 8. The van der Waals surface area contributed by atoms with Crippen molar-refractivity contribution in [3.05, 3.63) is 47.8 Å². The Morgan fingerprint density at radius 1 is 1.16 bits per heavy atom. The van der Waals surface area contributed by atoms with Gasteiger partial charge in [-0.1, -0.05) is 6.07 Å². The van der Waals surface area contributed by atoms with Crippen molar-refractivity contribution in [1.29, 1.82) is 5.26 Å². The predicted octanol–water partition coefficient (Wildman–Crippen LogP) is 3.66. The van der Waals surface area contributed by atoms with Crippen LogP contribution < -0.4 is 5.73 Å². The monoisotopic (exact) mass is 621 g/mol. The maximum Gasteiger partial charge on any atom is 0.417 e. The van der Waals surface area contributed by atoms with Gasteiger partial charge in [-0.3, -0.25) is 14.6 Å². The molecule has 2 heterocycles. The van der Waals surface area contributed by atoms with E-state index in [0.29, 0.717) is 37.3 Å². The molecule has 43 heavy (non-hydrogen) atoms. The first-order chi connectivity index (χ1) is 20.2. The molecule has 1 saturated heterocycles. The number of sulfone groups is 1. The number of nitrogens with two attached hydrogens (primary N) is 1. The summed E-state index contributed by atoms with van der Waals surface area (Å²) in [4.78, 5) is 28.3. The van der Waals surface area contributed by atoms with Crippen molar-refractivity contribution in [2.45, 2.75) is 67.6 Å². The Bertz CT molecular complexity index is 1600. The van der Waals surface area contributed by atoms with Crippen LogP contribution in [0.15, 0.2) is 41.4 Å². The molecule has 14 heteroatoms. The summed E-state index contributed by atoms with van der Waals surface area (Å²) in [6.45, 7) is 2.31. The molecule has 230 valence electrons. The molecule has 2 aliphatic carbocycles. The van der Waals surface area contributed by atoms with E-state index >= 15 is 0 Å². The fourth-order valence-electron chi connectivity index (χ4n) is 6.66. The van der Waals surface area contributed by atoms with Crippen molar-refractivity contribution in [2.75, 3.05) is 13.2 Å². The minimum atomic E-state index is -5.06. The minimum Gasteiger partial charge on any atom is -0.481 e. The molecular weight excluding hydrogens is 591 g/mol. The number of amides is 1. The molecule has 0 spiro atoms. The zero-order chi connectivity index (χ0) is 31.4. The van der Waals surface area contributed by atoms with Crippen molar-refractivity contribution in [3.63, 3.8) is 0 Å². The summed E-state index contributed by atoms with van der Waals surface area (Å²) in [7, 11) is -4.81. The summed E-state index contributed by atoms with van der Waals surface area (Å²) < 4.78 is 82.7. The van der Waals surface area contributed by atoms with Gasteiger partial charge in [-0.05, 0) is 74.4 Å². The lowest BCUT2D eigenvalue weighted by molar-refractivity contribution is -0.168.